The summed E-state index contributed by atoms with van der Waals surface area (Å²) in [6, 6.07) is 2.02. The van der Waals surface area contributed by atoms with Crippen LogP contribution in [0, 0.1) is 12.8 Å². The van der Waals surface area contributed by atoms with Crippen LogP contribution in [0.4, 0.5) is 0 Å². The highest BCUT2D eigenvalue weighted by molar-refractivity contribution is 5.22. The van der Waals surface area contributed by atoms with Crippen LogP contribution in [-0.4, -0.2) is 26.3 Å². The minimum Gasteiger partial charge on any atom is -0.312 e. The summed E-state index contributed by atoms with van der Waals surface area (Å²) >= 11 is 0. The molecule has 2 rings (SSSR count). The molecule has 114 valence electrons. The summed E-state index contributed by atoms with van der Waals surface area (Å²) in [6.07, 6.45) is 3.81. The van der Waals surface area contributed by atoms with Crippen molar-refractivity contribution in [3.8, 4) is 5.95 Å². The van der Waals surface area contributed by atoms with E-state index in [-0.39, 0.29) is 0 Å². The van der Waals surface area contributed by atoms with E-state index in [4.69, 9.17) is 0 Å². The number of aromatic nitrogens is 4. The van der Waals surface area contributed by atoms with Crippen molar-refractivity contribution < 1.29 is 0 Å². The predicted molar refractivity (Wildman–Crippen MR) is 84.5 cm³/mol. The van der Waals surface area contributed by atoms with E-state index in [2.05, 4.69) is 48.1 Å². The fourth-order valence-corrected chi connectivity index (χ4v) is 2.02. The van der Waals surface area contributed by atoms with Gasteiger partial charge in [0.15, 0.2) is 0 Å². The molecule has 0 aromatic carbocycles. The van der Waals surface area contributed by atoms with Crippen molar-refractivity contribution in [1.82, 2.24) is 25.1 Å². The molecule has 2 aromatic rings. The van der Waals surface area contributed by atoms with Crippen LogP contribution < -0.4 is 5.32 Å². The summed E-state index contributed by atoms with van der Waals surface area (Å²) in [5.74, 6) is 1.68. The van der Waals surface area contributed by atoms with Crippen molar-refractivity contribution in [2.45, 2.75) is 47.1 Å². The molecule has 0 saturated carbocycles. The lowest BCUT2D eigenvalue weighted by molar-refractivity contribution is 0.550. The maximum Gasteiger partial charge on any atom is 0.250 e. The fraction of sp³-hybridized carbons (Fsp3) is 0.562. The maximum atomic E-state index is 4.56. The summed E-state index contributed by atoms with van der Waals surface area (Å²) < 4.78 is 1.74. The fourth-order valence-electron chi connectivity index (χ4n) is 2.02. The van der Waals surface area contributed by atoms with E-state index in [1.807, 2.05) is 25.4 Å². The molecule has 5 nitrogen and oxygen atoms in total. The molecule has 2 aromatic heterocycles. The second-order valence-corrected chi connectivity index (χ2v) is 6.15. The molecular formula is C16H25N5. The lowest BCUT2D eigenvalue weighted by atomic mass is 10.1. The Hall–Kier alpha value is -1.75. The van der Waals surface area contributed by atoms with Gasteiger partial charge in [-0.05, 0) is 31.4 Å². The van der Waals surface area contributed by atoms with Crippen LogP contribution >= 0.6 is 0 Å². The van der Waals surface area contributed by atoms with Gasteiger partial charge in [0.1, 0.15) is 0 Å². The minimum atomic E-state index is 0.409. The summed E-state index contributed by atoms with van der Waals surface area (Å²) in [5.41, 5.74) is 3.19. The van der Waals surface area contributed by atoms with Crippen LogP contribution in [0.25, 0.3) is 5.95 Å². The van der Waals surface area contributed by atoms with E-state index in [1.165, 1.54) is 0 Å². The standard InChI is InChI=1S/C16H25N5/c1-11(2)8-17-9-14-10-18-16(19-13(14)5)21-7-6-15(20-21)12(3)4/h6-7,10-12,17H,8-9H2,1-5H3. The Morgan fingerprint density at radius 1 is 1.24 bits per heavy atom. The first-order chi connectivity index (χ1) is 9.97. The molecule has 0 atom stereocenters. The molecule has 0 fully saturated rings. The van der Waals surface area contributed by atoms with E-state index in [0.29, 0.717) is 17.8 Å². The molecule has 0 aliphatic heterocycles. The van der Waals surface area contributed by atoms with Crippen molar-refractivity contribution >= 4 is 0 Å². The highest BCUT2D eigenvalue weighted by atomic mass is 15.3. The van der Waals surface area contributed by atoms with Crippen molar-refractivity contribution in [2.75, 3.05) is 6.54 Å². The third-order valence-electron chi connectivity index (χ3n) is 3.34. The average Bonchev–Trinajstić information content (AvgIpc) is 2.90. The number of hydrogen-bond acceptors (Lipinski definition) is 4. The molecule has 0 unspecified atom stereocenters. The highest BCUT2D eigenvalue weighted by Gasteiger charge is 2.08. The second kappa shape index (κ2) is 6.80. The lowest BCUT2D eigenvalue weighted by Crippen LogP contribution is -2.20. The van der Waals surface area contributed by atoms with Crippen LogP contribution in [0.1, 0.15) is 50.6 Å². The molecule has 0 aliphatic rings. The molecular weight excluding hydrogens is 262 g/mol. The number of hydrogen-bond donors (Lipinski definition) is 1. The van der Waals surface area contributed by atoms with Crippen molar-refractivity contribution in [3.63, 3.8) is 0 Å². The van der Waals surface area contributed by atoms with Crippen LogP contribution in [-0.2, 0) is 6.54 Å². The van der Waals surface area contributed by atoms with Crippen LogP contribution in [0.2, 0.25) is 0 Å². The van der Waals surface area contributed by atoms with Gasteiger partial charge in [-0.2, -0.15) is 5.10 Å². The van der Waals surface area contributed by atoms with Crippen LogP contribution in [0.5, 0.6) is 0 Å². The second-order valence-electron chi connectivity index (χ2n) is 6.15. The van der Waals surface area contributed by atoms with Gasteiger partial charge in [-0.25, -0.2) is 14.6 Å². The molecule has 0 amide bonds. The molecule has 0 saturated heterocycles. The highest BCUT2D eigenvalue weighted by Crippen LogP contribution is 2.13. The van der Waals surface area contributed by atoms with Gasteiger partial charge >= 0.3 is 0 Å². The minimum absolute atomic E-state index is 0.409. The first-order valence-corrected chi connectivity index (χ1v) is 7.56. The van der Waals surface area contributed by atoms with E-state index in [9.17, 15) is 0 Å². The van der Waals surface area contributed by atoms with E-state index in [1.54, 1.807) is 4.68 Å². The van der Waals surface area contributed by atoms with Gasteiger partial charge in [0, 0.05) is 30.2 Å². The number of nitrogens with zero attached hydrogens (tertiary/aromatic N) is 4. The summed E-state index contributed by atoms with van der Waals surface area (Å²) in [5, 5.41) is 7.93. The monoisotopic (exact) mass is 287 g/mol. The third-order valence-corrected chi connectivity index (χ3v) is 3.34. The number of rotatable bonds is 6. The SMILES string of the molecule is Cc1nc(-n2ccc(C(C)C)n2)ncc1CNCC(C)C. The summed E-state index contributed by atoms with van der Waals surface area (Å²) in [4.78, 5) is 8.99. The Bertz CT molecular complexity index is 586. The largest absolute Gasteiger partial charge is 0.312 e. The maximum absolute atomic E-state index is 4.56. The van der Waals surface area contributed by atoms with E-state index < -0.39 is 0 Å². The average molecular weight is 287 g/mol. The van der Waals surface area contributed by atoms with Gasteiger partial charge in [0.2, 0.25) is 0 Å². The van der Waals surface area contributed by atoms with Crippen LogP contribution in [0.15, 0.2) is 18.5 Å². The van der Waals surface area contributed by atoms with Gasteiger partial charge in [0.25, 0.3) is 5.95 Å². The lowest BCUT2D eigenvalue weighted by Gasteiger charge is -2.10. The Morgan fingerprint density at radius 2 is 2.00 bits per heavy atom. The van der Waals surface area contributed by atoms with Gasteiger partial charge in [-0.15, -0.1) is 0 Å². The Morgan fingerprint density at radius 3 is 2.57 bits per heavy atom. The van der Waals surface area contributed by atoms with Crippen molar-refractivity contribution in [2.24, 2.45) is 5.92 Å². The molecule has 0 bridgehead atoms. The summed E-state index contributed by atoms with van der Waals surface area (Å²) in [7, 11) is 0. The molecule has 2 heterocycles. The van der Waals surface area contributed by atoms with Gasteiger partial charge in [0.05, 0.1) is 5.69 Å². The third kappa shape index (κ3) is 4.11. The topological polar surface area (TPSA) is 55.6 Å². The van der Waals surface area contributed by atoms with Crippen LogP contribution in [0.3, 0.4) is 0 Å². The molecule has 0 radical (unpaired) electrons. The molecule has 0 spiro atoms. The molecule has 5 heteroatoms. The predicted octanol–water partition coefficient (Wildman–Crippen LogP) is 2.84. The van der Waals surface area contributed by atoms with Gasteiger partial charge in [-0.3, -0.25) is 0 Å². The van der Waals surface area contributed by atoms with Gasteiger partial charge in [-0.1, -0.05) is 27.7 Å². The smallest absolute Gasteiger partial charge is 0.250 e. The molecule has 1 N–H and O–H groups in total. The van der Waals surface area contributed by atoms with E-state index >= 15 is 0 Å². The Balaban J connectivity index is 2.10. The normalized spacial score (nSPS) is 11.6. The molecule has 21 heavy (non-hydrogen) atoms. The quantitative estimate of drug-likeness (QED) is 0.887. The Kier molecular flexibility index (Phi) is 5.07. The first-order valence-electron chi connectivity index (χ1n) is 7.56. The number of nitrogens with one attached hydrogen (secondary N) is 1. The number of aryl methyl sites for hydroxylation is 1. The summed E-state index contributed by atoms with van der Waals surface area (Å²) in [6.45, 7) is 12.5. The zero-order chi connectivity index (χ0) is 15.4. The first kappa shape index (κ1) is 15.6. The zero-order valence-electron chi connectivity index (χ0n) is 13.6. The molecule has 0 aliphatic carbocycles. The van der Waals surface area contributed by atoms with Gasteiger partial charge < -0.3 is 5.32 Å². The van der Waals surface area contributed by atoms with Crippen molar-refractivity contribution in [3.05, 3.63) is 35.4 Å². The van der Waals surface area contributed by atoms with Crippen molar-refractivity contribution in [1.29, 1.82) is 0 Å². The van der Waals surface area contributed by atoms with E-state index in [0.717, 1.165) is 30.0 Å². The Labute approximate surface area is 126 Å². The zero-order valence-corrected chi connectivity index (χ0v) is 13.6.